The number of aryl methyl sites for hydroxylation is 1. The van der Waals surface area contributed by atoms with Crippen LogP contribution in [0.5, 0.6) is 5.75 Å². The number of cyclic esters (lactones) is 1. The Hall–Kier alpha value is -3.72. The van der Waals surface area contributed by atoms with Gasteiger partial charge in [-0.25, -0.2) is 14.6 Å². The molecule has 0 radical (unpaired) electrons. The number of carbonyl (C=O) groups excluding carboxylic acids is 2. The Bertz CT molecular complexity index is 1410. The molecule has 1 aromatic carbocycles. The molecule has 2 aromatic heterocycles. The van der Waals surface area contributed by atoms with E-state index in [2.05, 4.69) is 5.32 Å². The van der Waals surface area contributed by atoms with Crippen molar-refractivity contribution in [3.8, 4) is 17.1 Å². The Morgan fingerprint density at radius 2 is 2.06 bits per heavy atom. The normalized spacial score (nSPS) is 18.4. The van der Waals surface area contributed by atoms with Crippen molar-refractivity contribution < 1.29 is 24.2 Å². The molecule has 1 unspecified atom stereocenters. The number of rotatable bonds is 3. The van der Waals surface area contributed by atoms with Crippen molar-refractivity contribution in [2.24, 2.45) is 0 Å². The monoisotopic (exact) mass is 449 g/mol. The lowest BCUT2D eigenvalue weighted by Gasteiger charge is -2.31. The number of hydrogen-bond donors (Lipinski definition) is 2. The summed E-state index contributed by atoms with van der Waals surface area (Å²) in [5.41, 5.74) is 2.23. The SMILES string of the molecule is CCc1c2c(nc3ccc(OC(=O)NC)cc13)-c1cc3c(c(=O)n1C2)COC(=O)C3(O)CC. The summed E-state index contributed by atoms with van der Waals surface area (Å²) in [7, 11) is 1.49. The highest BCUT2D eigenvalue weighted by atomic mass is 16.6. The summed E-state index contributed by atoms with van der Waals surface area (Å²) >= 11 is 0. The minimum Gasteiger partial charge on any atom is -0.458 e. The van der Waals surface area contributed by atoms with Gasteiger partial charge in [-0.15, -0.1) is 0 Å². The zero-order chi connectivity index (χ0) is 23.5. The Labute approximate surface area is 189 Å². The van der Waals surface area contributed by atoms with Gasteiger partial charge in [-0.3, -0.25) is 4.79 Å². The van der Waals surface area contributed by atoms with Crippen LogP contribution in [0.1, 0.15) is 42.5 Å². The molecule has 5 rings (SSSR count). The third-order valence-corrected chi connectivity index (χ3v) is 6.55. The summed E-state index contributed by atoms with van der Waals surface area (Å²) in [5.74, 6) is -0.352. The predicted octanol–water partition coefficient (Wildman–Crippen LogP) is 2.36. The molecule has 33 heavy (non-hydrogen) atoms. The van der Waals surface area contributed by atoms with Crippen molar-refractivity contribution in [3.63, 3.8) is 0 Å². The van der Waals surface area contributed by atoms with E-state index < -0.39 is 17.7 Å². The van der Waals surface area contributed by atoms with E-state index in [0.717, 1.165) is 16.5 Å². The molecule has 0 spiro atoms. The minimum absolute atomic E-state index is 0.0913. The van der Waals surface area contributed by atoms with Gasteiger partial charge in [0, 0.05) is 23.6 Å². The summed E-state index contributed by atoms with van der Waals surface area (Å²) in [5, 5.41) is 14.3. The van der Waals surface area contributed by atoms with Gasteiger partial charge in [0.2, 0.25) is 0 Å². The summed E-state index contributed by atoms with van der Waals surface area (Å²) in [6.45, 7) is 3.85. The van der Waals surface area contributed by atoms with Gasteiger partial charge in [0.15, 0.2) is 5.60 Å². The predicted molar refractivity (Wildman–Crippen MR) is 119 cm³/mol. The van der Waals surface area contributed by atoms with E-state index in [1.165, 1.54) is 7.05 Å². The lowest BCUT2D eigenvalue weighted by Crippen LogP contribution is -2.44. The molecule has 170 valence electrons. The molecular formula is C24H23N3O6. The molecule has 0 aliphatic carbocycles. The molecule has 2 N–H and O–H groups in total. The van der Waals surface area contributed by atoms with Gasteiger partial charge in [0.25, 0.3) is 5.56 Å². The number of aromatic nitrogens is 2. The average Bonchev–Trinajstić information content (AvgIpc) is 3.18. The van der Waals surface area contributed by atoms with Gasteiger partial charge >= 0.3 is 12.1 Å². The number of carbonyl (C=O) groups is 2. The maximum atomic E-state index is 13.4. The van der Waals surface area contributed by atoms with Crippen molar-refractivity contribution >= 4 is 23.0 Å². The Balaban J connectivity index is 1.73. The molecule has 0 saturated carbocycles. The summed E-state index contributed by atoms with van der Waals surface area (Å²) in [4.78, 5) is 42.1. The topological polar surface area (TPSA) is 120 Å². The quantitative estimate of drug-likeness (QED) is 0.461. The zero-order valence-electron chi connectivity index (χ0n) is 18.5. The number of benzene rings is 1. The molecule has 0 bridgehead atoms. The average molecular weight is 449 g/mol. The van der Waals surface area contributed by atoms with E-state index >= 15 is 0 Å². The first kappa shape index (κ1) is 21.1. The highest BCUT2D eigenvalue weighted by Gasteiger charge is 2.45. The number of esters is 1. The first-order valence-electron chi connectivity index (χ1n) is 10.8. The van der Waals surface area contributed by atoms with Gasteiger partial charge in [0.1, 0.15) is 12.4 Å². The molecule has 2 aliphatic rings. The number of nitrogens with zero attached hydrogens (tertiary/aromatic N) is 2. The lowest BCUT2D eigenvalue weighted by atomic mass is 9.86. The maximum Gasteiger partial charge on any atom is 0.412 e. The highest BCUT2D eigenvalue weighted by molar-refractivity contribution is 5.90. The third-order valence-electron chi connectivity index (χ3n) is 6.55. The highest BCUT2D eigenvalue weighted by Crippen LogP contribution is 2.40. The molecule has 0 saturated heterocycles. The van der Waals surface area contributed by atoms with Crippen LogP contribution in [0.4, 0.5) is 4.79 Å². The number of hydrogen-bond acceptors (Lipinski definition) is 7. The fourth-order valence-electron chi connectivity index (χ4n) is 4.77. The number of fused-ring (bicyclic) bond motifs is 5. The van der Waals surface area contributed by atoms with Crippen LogP contribution >= 0.6 is 0 Å². The van der Waals surface area contributed by atoms with Crippen molar-refractivity contribution in [2.45, 2.75) is 45.4 Å². The van der Waals surface area contributed by atoms with Crippen molar-refractivity contribution in [2.75, 3.05) is 7.05 Å². The van der Waals surface area contributed by atoms with Crippen LogP contribution in [-0.2, 0) is 34.7 Å². The summed E-state index contributed by atoms with van der Waals surface area (Å²) < 4.78 is 12.0. The van der Waals surface area contributed by atoms with Gasteiger partial charge in [0.05, 0.1) is 29.0 Å². The molecule has 1 amide bonds. The standard InChI is InChI=1S/C24H23N3O6/c1-4-13-14-8-12(33-23(30)25-3)6-7-18(14)26-20-15(13)10-27-19(20)9-17-16(21(27)28)11-32-22(29)24(17,31)5-2/h6-9,31H,4-5,10-11H2,1-3H3,(H,25,30). The van der Waals surface area contributed by atoms with E-state index in [-0.39, 0.29) is 18.6 Å². The second-order valence-corrected chi connectivity index (χ2v) is 8.19. The smallest absolute Gasteiger partial charge is 0.412 e. The molecule has 9 heteroatoms. The molecule has 2 aliphatic heterocycles. The van der Waals surface area contributed by atoms with Gasteiger partial charge in [-0.2, -0.15) is 0 Å². The molecular weight excluding hydrogens is 426 g/mol. The van der Waals surface area contributed by atoms with E-state index in [4.69, 9.17) is 14.5 Å². The first-order valence-corrected chi connectivity index (χ1v) is 10.8. The number of ether oxygens (including phenoxy) is 2. The Morgan fingerprint density at radius 3 is 2.76 bits per heavy atom. The lowest BCUT2D eigenvalue weighted by molar-refractivity contribution is -0.172. The number of aliphatic hydroxyl groups is 1. The van der Waals surface area contributed by atoms with Crippen LogP contribution in [-0.4, -0.2) is 33.8 Å². The maximum absolute atomic E-state index is 13.4. The van der Waals surface area contributed by atoms with Crippen LogP contribution in [0.25, 0.3) is 22.3 Å². The summed E-state index contributed by atoms with van der Waals surface area (Å²) in [6, 6.07) is 6.91. The van der Waals surface area contributed by atoms with Gasteiger partial charge in [-0.05, 0) is 42.7 Å². The van der Waals surface area contributed by atoms with Crippen LogP contribution < -0.4 is 15.6 Å². The number of amides is 1. The summed E-state index contributed by atoms with van der Waals surface area (Å²) in [6.07, 6.45) is 0.202. The number of pyridine rings is 2. The van der Waals surface area contributed by atoms with E-state index in [1.54, 1.807) is 35.8 Å². The third kappa shape index (κ3) is 2.96. The van der Waals surface area contributed by atoms with Crippen LogP contribution in [0.15, 0.2) is 29.1 Å². The Kier molecular flexibility index (Phi) is 4.75. The molecule has 9 nitrogen and oxygen atoms in total. The van der Waals surface area contributed by atoms with Crippen molar-refractivity contribution in [1.29, 1.82) is 0 Å². The molecule has 1 atom stereocenters. The fraction of sp³-hybridized carbons (Fsp3) is 0.333. The second-order valence-electron chi connectivity index (χ2n) is 8.19. The molecule has 4 heterocycles. The fourth-order valence-corrected chi connectivity index (χ4v) is 4.77. The van der Waals surface area contributed by atoms with Crippen LogP contribution in [0, 0.1) is 0 Å². The largest absolute Gasteiger partial charge is 0.458 e. The van der Waals surface area contributed by atoms with Gasteiger partial charge in [-0.1, -0.05) is 13.8 Å². The van der Waals surface area contributed by atoms with Crippen LogP contribution in [0.3, 0.4) is 0 Å². The van der Waals surface area contributed by atoms with E-state index in [9.17, 15) is 19.5 Å². The Morgan fingerprint density at radius 1 is 1.27 bits per heavy atom. The molecule has 0 fully saturated rings. The van der Waals surface area contributed by atoms with Crippen molar-refractivity contribution in [3.05, 3.63) is 56.9 Å². The van der Waals surface area contributed by atoms with Crippen LogP contribution in [0.2, 0.25) is 0 Å². The number of nitrogens with one attached hydrogen (secondary N) is 1. The van der Waals surface area contributed by atoms with Crippen molar-refractivity contribution in [1.82, 2.24) is 14.9 Å². The van der Waals surface area contributed by atoms with E-state index in [0.29, 0.717) is 46.7 Å². The minimum atomic E-state index is -1.86. The van der Waals surface area contributed by atoms with Gasteiger partial charge < -0.3 is 24.5 Å². The molecule has 3 aromatic rings. The second kappa shape index (κ2) is 7.41. The first-order chi connectivity index (χ1) is 15.8. The zero-order valence-corrected chi connectivity index (χ0v) is 18.5. The van der Waals surface area contributed by atoms with E-state index in [1.807, 2.05) is 6.92 Å².